The molecule has 4 aliphatic rings. The molecule has 0 saturated carbocycles. The molecular formula is C30H42N3O2+. The van der Waals surface area contributed by atoms with E-state index in [0.29, 0.717) is 5.92 Å². The topological polar surface area (TPSA) is 42.4 Å². The third-order valence-corrected chi connectivity index (χ3v) is 9.08. The molecule has 5 heterocycles. The Labute approximate surface area is 211 Å². The molecule has 0 aliphatic carbocycles. The number of ether oxygens (including phenoxy) is 1. The van der Waals surface area contributed by atoms with Crippen molar-refractivity contribution in [3.63, 3.8) is 0 Å². The van der Waals surface area contributed by atoms with Gasteiger partial charge in [0.05, 0.1) is 19.6 Å². The van der Waals surface area contributed by atoms with Gasteiger partial charge in [-0.15, -0.1) is 0 Å². The number of esters is 1. The molecule has 2 atom stereocenters. The van der Waals surface area contributed by atoms with Gasteiger partial charge in [0.15, 0.2) is 6.10 Å². The number of benzene rings is 1. The maximum Gasteiger partial charge on any atom is 0.331 e. The lowest BCUT2D eigenvalue weighted by Gasteiger charge is -2.53. The third-order valence-electron chi connectivity index (χ3n) is 9.08. The maximum absolute atomic E-state index is 14.0. The Bertz CT molecular complexity index is 996. The van der Waals surface area contributed by atoms with E-state index in [1.54, 1.807) is 0 Å². The highest BCUT2D eigenvalue weighted by Crippen LogP contribution is 2.39. The van der Waals surface area contributed by atoms with Crippen LogP contribution in [0, 0.1) is 12.8 Å². The number of rotatable bonds is 8. The number of hydrogen-bond donors (Lipinski definition) is 0. The van der Waals surface area contributed by atoms with Gasteiger partial charge in [-0.1, -0.05) is 36.8 Å². The van der Waals surface area contributed by atoms with Crippen molar-refractivity contribution < 1.29 is 14.0 Å². The molecule has 2 aromatic rings. The van der Waals surface area contributed by atoms with Gasteiger partial charge in [0.25, 0.3) is 0 Å². The average Bonchev–Trinajstić information content (AvgIpc) is 2.90. The summed E-state index contributed by atoms with van der Waals surface area (Å²) < 4.78 is 7.61. The maximum atomic E-state index is 14.0. The lowest BCUT2D eigenvalue weighted by molar-refractivity contribution is -0.946. The van der Waals surface area contributed by atoms with Crippen LogP contribution in [0.2, 0.25) is 0 Å². The van der Waals surface area contributed by atoms with Crippen LogP contribution in [0.1, 0.15) is 62.3 Å². The van der Waals surface area contributed by atoms with E-state index in [1.165, 1.54) is 50.9 Å². The molecule has 4 aliphatic heterocycles. The second-order valence-corrected chi connectivity index (χ2v) is 11.4. The molecular weight excluding hydrogens is 434 g/mol. The quantitative estimate of drug-likeness (QED) is 0.402. The molecule has 5 heteroatoms. The first-order valence-electron chi connectivity index (χ1n) is 13.8. The highest BCUT2D eigenvalue weighted by molar-refractivity contribution is 5.82. The van der Waals surface area contributed by atoms with Gasteiger partial charge in [-0.3, -0.25) is 9.88 Å². The molecule has 4 saturated heterocycles. The average molecular weight is 477 g/mol. The molecule has 0 radical (unpaired) electrons. The van der Waals surface area contributed by atoms with E-state index in [0.717, 1.165) is 54.6 Å². The summed E-state index contributed by atoms with van der Waals surface area (Å²) in [6, 6.07) is 14.7. The number of pyridine rings is 1. The molecule has 2 bridgehead atoms. The van der Waals surface area contributed by atoms with Crippen molar-refractivity contribution in [2.75, 3.05) is 39.3 Å². The van der Waals surface area contributed by atoms with Crippen molar-refractivity contribution >= 4 is 5.97 Å². The summed E-state index contributed by atoms with van der Waals surface area (Å²) in [7, 11) is 0. The second kappa shape index (κ2) is 10.4. The Morgan fingerprint density at radius 1 is 1.11 bits per heavy atom. The number of aryl methyl sites for hydroxylation is 2. The number of carbonyl (C=O) groups is 1. The number of quaternary nitrogens is 1. The minimum Gasteiger partial charge on any atom is -0.454 e. The monoisotopic (exact) mass is 476 g/mol. The summed E-state index contributed by atoms with van der Waals surface area (Å²) in [5.74, 6) is 0.470. The second-order valence-electron chi connectivity index (χ2n) is 11.4. The molecule has 5 nitrogen and oxygen atoms in total. The first-order valence-corrected chi connectivity index (χ1v) is 13.8. The van der Waals surface area contributed by atoms with E-state index in [1.807, 2.05) is 24.4 Å². The molecule has 35 heavy (non-hydrogen) atoms. The molecule has 4 fully saturated rings. The number of fused-ring (bicyclic) bond motifs is 3. The lowest BCUT2D eigenvalue weighted by atomic mass is 9.82. The number of piperidine rings is 4. The SMILES string of the molecule is Cc1cc(CCC[N+]23CCC(CC2)C(OC(=O)C(C)(c2ccccc2)N2CCCCC2)C3)ccn1. The smallest absolute Gasteiger partial charge is 0.331 e. The molecule has 2 unspecified atom stereocenters. The van der Waals surface area contributed by atoms with Crippen molar-refractivity contribution in [1.29, 1.82) is 0 Å². The Morgan fingerprint density at radius 2 is 1.86 bits per heavy atom. The minimum atomic E-state index is -0.711. The Morgan fingerprint density at radius 3 is 2.57 bits per heavy atom. The summed E-state index contributed by atoms with van der Waals surface area (Å²) >= 11 is 0. The summed E-state index contributed by atoms with van der Waals surface area (Å²) in [6.07, 6.45) is 10.1. The fourth-order valence-electron chi connectivity index (χ4n) is 6.83. The normalized spacial score (nSPS) is 28.4. The van der Waals surface area contributed by atoms with Crippen LogP contribution in [0.3, 0.4) is 0 Å². The summed E-state index contributed by atoms with van der Waals surface area (Å²) in [6.45, 7) is 10.7. The zero-order chi connectivity index (χ0) is 24.3. The predicted molar refractivity (Wildman–Crippen MR) is 139 cm³/mol. The van der Waals surface area contributed by atoms with Crippen molar-refractivity contribution in [3.05, 3.63) is 65.5 Å². The standard InChI is InChI=1S/C30H42N3O2/c1-24-22-25(13-16-31-24)10-9-19-33-20-14-26(15-21-33)28(23-33)35-29(34)30(2,27-11-5-3-6-12-27)32-17-7-4-8-18-32/h3,5-6,11-13,16,22,26,28H,4,7-10,14-15,17-21,23H2,1-2H3/q+1. The first kappa shape index (κ1) is 24.5. The molecule has 188 valence electrons. The van der Waals surface area contributed by atoms with Gasteiger partial charge in [-0.25, -0.2) is 4.79 Å². The highest BCUT2D eigenvalue weighted by Gasteiger charge is 2.50. The van der Waals surface area contributed by atoms with Gasteiger partial charge >= 0.3 is 5.97 Å². The van der Waals surface area contributed by atoms with Gasteiger partial charge < -0.3 is 9.22 Å². The van der Waals surface area contributed by atoms with E-state index in [4.69, 9.17) is 4.74 Å². The predicted octanol–water partition coefficient (Wildman–Crippen LogP) is 4.88. The van der Waals surface area contributed by atoms with Gasteiger partial charge in [0.2, 0.25) is 0 Å². The molecule has 0 amide bonds. The van der Waals surface area contributed by atoms with Gasteiger partial charge in [-0.05, 0) is 69.5 Å². The van der Waals surface area contributed by atoms with Crippen LogP contribution in [0.5, 0.6) is 0 Å². The molecule has 0 N–H and O–H groups in total. The van der Waals surface area contributed by atoms with Gasteiger partial charge in [-0.2, -0.15) is 0 Å². The lowest BCUT2D eigenvalue weighted by Crippen LogP contribution is -2.65. The Hall–Kier alpha value is -2.24. The van der Waals surface area contributed by atoms with Crippen molar-refractivity contribution in [2.45, 2.75) is 70.4 Å². The van der Waals surface area contributed by atoms with E-state index >= 15 is 0 Å². The van der Waals surface area contributed by atoms with Crippen molar-refractivity contribution in [2.24, 2.45) is 5.92 Å². The number of nitrogens with zero attached hydrogens (tertiary/aromatic N) is 3. The Kier molecular flexibility index (Phi) is 7.26. The third kappa shape index (κ3) is 5.17. The van der Waals surface area contributed by atoms with E-state index < -0.39 is 5.54 Å². The minimum absolute atomic E-state index is 0.0426. The van der Waals surface area contributed by atoms with Crippen LogP contribution in [0.25, 0.3) is 0 Å². The van der Waals surface area contributed by atoms with Crippen LogP contribution < -0.4 is 0 Å². The van der Waals surface area contributed by atoms with E-state index in [-0.39, 0.29) is 12.1 Å². The summed E-state index contributed by atoms with van der Waals surface area (Å²) in [5, 5.41) is 0. The number of carbonyl (C=O) groups excluding carboxylic acids is 1. The number of aromatic nitrogens is 1. The van der Waals surface area contributed by atoms with Gasteiger partial charge in [0.1, 0.15) is 12.1 Å². The summed E-state index contributed by atoms with van der Waals surface area (Å²) in [5.41, 5.74) is 2.82. The zero-order valence-corrected chi connectivity index (χ0v) is 21.6. The van der Waals surface area contributed by atoms with Gasteiger partial charge in [0, 0.05) is 37.1 Å². The zero-order valence-electron chi connectivity index (χ0n) is 21.6. The van der Waals surface area contributed by atoms with Crippen LogP contribution in [0.15, 0.2) is 48.7 Å². The van der Waals surface area contributed by atoms with Crippen molar-refractivity contribution in [1.82, 2.24) is 9.88 Å². The van der Waals surface area contributed by atoms with Crippen molar-refractivity contribution in [3.8, 4) is 0 Å². The van der Waals surface area contributed by atoms with Crippen LogP contribution >= 0.6 is 0 Å². The van der Waals surface area contributed by atoms with E-state index in [2.05, 4.69) is 48.0 Å². The van der Waals surface area contributed by atoms with Crippen LogP contribution in [0.4, 0.5) is 0 Å². The van der Waals surface area contributed by atoms with E-state index in [9.17, 15) is 4.79 Å². The van der Waals surface area contributed by atoms with Crippen LogP contribution in [-0.4, -0.2) is 65.7 Å². The fraction of sp³-hybridized carbons (Fsp3) is 0.600. The Balaban J connectivity index is 1.27. The number of likely N-dealkylation sites (tertiary alicyclic amines) is 1. The molecule has 6 rings (SSSR count). The van der Waals surface area contributed by atoms with Crippen LogP contribution in [-0.2, 0) is 21.5 Å². The number of hydrogen-bond acceptors (Lipinski definition) is 4. The highest BCUT2D eigenvalue weighted by atomic mass is 16.5. The first-order chi connectivity index (χ1) is 17.0. The molecule has 1 aromatic carbocycles. The summed E-state index contributed by atoms with van der Waals surface area (Å²) in [4.78, 5) is 20.7. The fourth-order valence-corrected chi connectivity index (χ4v) is 6.83. The molecule has 0 spiro atoms. The largest absolute Gasteiger partial charge is 0.454 e. The molecule has 1 aromatic heterocycles.